The van der Waals surface area contributed by atoms with Gasteiger partial charge in [0.05, 0.1) is 7.11 Å². The summed E-state index contributed by atoms with van der Waals surface area (Å²) in [6.07, 6.45) is 0. The number of phenols is 1. The zero-order valence-electron chi connectivity index (χ0n) is 11.6. The molecule has 21 heavy (non-hydrogen) atoms. The molecule has 0 saturated heterocycles. The fourth-order valence-corrected chi connectivity index (χ4v) is 2.04. The second-order valence-electron chi connectivity index (χ2n) is 4.52. The molecular formula is C16H16ClNO3. The van der Waals surface area contributed by atoms with Crippen LogP contribution in [0.25, 0.3) is 0 Å². The number of rotatable bonds is 5. The highest BCUT2D eigenvalue weighted by molar-refractivity contribution is 6.17. The third-order valence-corrected chi connectivity index (χ3v) is 3.38. The smallest absolute Gasteiger partial charge is 0.251 e. The molecule has 0 atom stereocenters. The molecule has 0 aromatic heterocycles. The van der Waals surface area contributed by atoms with Crippen molar-refractivity contribution in [1.29, 1.82) is 0 Å². The molecule has 0 heterocycles. The van der Waals surface area contributed by atoms with Crippen LogP contribution in [-0.2, 0) is 12.4 Å². The summed E-state index contributed by atoms with van der Waals surface area (Å²) in [4.78, 5) is 12.0. The summed E-state index contributed by atoms with van der Waals surface area (Å²) in [6.45, 7) is 0.411. The monoisotopic (exact) mass is 305 g/mol. The number of hydrogen-bond acceptors (Lipinski definition) is 3. The number of phenolic OH excluding ortho intramolecular Hbond substituents is 1. The number of aromatic hydroxyl groups is 1. The SMILES string of the molecule is COc1ccc(C(=O)NCc2ccc(CCl)cc2)cc1O. The molecule has 0 spiro atoms. The summed E-state index contributed by atoms with van der Waals surface area (Å²) in [6, 6.07) is 12.2. The number of carbonyl (C=O) groups is 1. The van der Waals surface area contributed by atoms with E-state index in [-0.39, 0.29) is 11.7 Å². The fourth-order valence-electron chi connectivity index (χ4n) is 1.86. The Morgan fingerprint density at radius 3 is 2.43 bits per heavy atom. The van der Waals surface area contributed by atoms with Crippen molar-refractivity contribution in [2.24, 2.45) is 0 Å². The molecule has 0 fully saturated rings. The first-order valence-corrected chi connectivity index (χ1v) is 6.96. The van der Waals surface area contributed by atoms with Gasteiger partial charge in [0, 0.05) is 18.0 Å². The summed E-state index contributed by atoms with van der Waals surface area (Å²) in [7, 11) is 1.46. The molecule has 0 aliphatic rings. The normalized spacial score (nSPS) is 10.2. The highest BCUT2D eigenvalue weighted by Gasteiger charge is 2.09. The molecule has 0 radical (unpaired) electrons. The maximum Gasteiger partial charge on any atom is 0.251 e. The van der Waals surface area contributed by atoms with E-state index in [1.807, 2.05) is 24.3 Å². The van der Waals surface area contributed by atoms with Crippen LogP contribution in [0.5, 0.6) is 11.5 Å². The molecule has 2 N–H and O–H groups in total. The van der Waals surface area contributed by atoms with Crippen LogP contribution in [0.1, 0.15) is 21.5 Å². The van der Waals surface area contributed by atoms with Crippen LogP contribution < -0.4 is 10.1 Å². The van der Waals surface area contributed by atoms with Crippen LogP contribution in [0.3, 0.4) is 0 Å². The van der Waals surface area contributed by atoms with E-state index in [4.69, 9.17) is 16.3 Å². The van der Waals surface area contributed by atoms with E-state index in [9.17, 15) is 9.90 Å². The minimum absolute atomic E-state index is 0.0587. The largest absolute Gasteiger partial charge is 0.504 e. The zero-order chi connectivity index (χ0) is 15.2. The Balaban J connectivity index is 1.99. The average molecular weight is 306 g/mol. The quantitative estimate of drug-likeness (QED) is 0.835. The van der Waals surface area contributed by atoms with Gasteiger partial charge in [-0.2, -0.15) is 0 Å². The van der Waals surface area contributed by atoms with Gasteiger partial charge in [0.1, 0.15) is 0 Å². The van der Waals surface area contributed by atoms with E-state index in [1.165, 1.54) is 13.2 Å². The van der Waals surface area contributed by atoms with E-state index in [0.717, 1.165) is 11.1 Å². The predicted molar refractivity (Wildman–Crippen MR) is 81.8 cm³/mol. The zero-order valence-corrected chi connectivity index (χ0v) is 12.4. The number of ether oxygens (including phenoxy) is 1. The topological polar surface area (TPSA) is 58.6 Å². The number of hydrogen-bond donors (Lipinski definition) is 2. The molecule has 1 amide bonds. The lowest BCUT2D eigenvalue weighted by atomic mass is 10.1. The number of carbonyl (C=O) groups excluding carboxylic acids is 1. The average Bonchev–Trinajstić information content (AvgIpc) is 2.53. The van der Waals surface area contributed by atoms with Gasteiger partial charge < -0.3 is 15.2 Å². The lowest BCUT2D eigenvalue weighted by Crippen LogP contribution is -2.22. The number of nitrogens with one attached hydrogen (secondary N) is 1. The van der Waals surface area contributed by atoms with Crippen molar-refractivity contribution < 1.29 is 14.6 Å². The Morgan fingerprint density at radius 2 is 1.86 bits per heavy atom. The lowest BCUT2D eigenvalue weighted by Gasteiger charge is -2.08. The number of methoxy groups -OCH3 is 1. The first kappa shape index (κ1) is 15.2. The van der Waals surface area contributed by atoms with Crippen molar-refractivity contribution in [3.63, 3.8) is 0 Å². The van der Waals surface area contributed by atoms with Crippen molar-refractivity contribution in [2.45, 2.75) is 12.4 Å². The Hall–Kier alpha value is -2.20. The summed E-state index contributed by atoms with van der Waals surface area (Å²) in [5.74, 6) is 0.492. The van der Waals surface area contributed by atoms with Gasteiger partial charge in [-0.25, -0.2) is 0 Å². The summed E-state index contributed by atoms with van der Waals surface area (Å²) in [5.41, 5.74) is 2.40. The van der Waals surface area contributed by atoms with Crippen molar-refractivity contribution >= 4 is 17.5 Å². The number of benzene rings is 2. The van der Waals surface area contributed by atoms with Crippen molar-refractivity contribution in [3.05, 3.63) is 59.2 Å². The second-order valence-corrected chi connectivity index (χ2v) is 4.79. The number of halogens is 1. The molecule has 2 aromatic carbocycles. The van der Waals surface area contributed by atoms with Gasteiger partial charge in [-0.3, -0.25) is 4.79 Å². The van der Waals surface area contributed by atoms with Crippen LogP contribution in [0.2, 0.25) is 0 Å². The standard InChI is InChI=1S/C16H16ClNO3/c1-21-15-7-6-13(8-14(15)19)16(20)18-10-12-4-2-11(9-17)3-5-12/h2-8,19H,9-10H2,1H3,(H,18,20). The van der Waals surface area contributed by atoms with Crippen LogP contribution in [0.15, 0.2) is 42.5 Å². The predicted octanol–water partition coefficient (Wildman–Crippen LogP) is 3.07. The van der Waals surface area contributed by atoms with Crippen LogP contribution in [0.4, 0.5) is 0 Å². The molecule has 0 saturated carbocycles. The van der Waals surface area contributed by atoms with Gasteiger partial charge >= 0.3 is 0 Å². The van der Waals surface area contributed by atoms with Gasteiger partial charge in [0.2, 0.25) is 0 Å². The first-order chi connectivity index (χ1) is 10.1. The third-order valence-electron chi connectivity index (χ3n) is 3.07. The summed E-state index contributed by atoms with van der Waals surface area (Å²) in [5, 5.41) is 12.5. The van der Waals surface area contributed by atoms with E-state index in [0.29, 0.717) is 23.7 Å². The first-order valence-electron chi connectivity index (χ1n) is 6.43. The Kier molecular flexibility index (Phi) is 5.06. The van der Waals surface area contributed by atoms with Crippen LogP contribution >= 0.6 is 11.6 Å². The minimum atomic E-state index is -0.255. The Bertz CT molecular complexity index is 626. The molecule has 0 bridgehead atoms. The van der Waals surface area contributed by atoms with Gasteiger partial charge in [0.25, 0.3) is 5.91 Å². The van der Waals surface area contributed by atoms with Gasteiger partial charge in [-0.15, -0.1) is 11.6 Å². The lowest BCUT2D eigenvalue weighted by molar-refractivity contribution is 0.0950. The van der Waals surface area contributed by atoms with Gasteiger partial charge in [0.15, 0.2) is 11.5 Å². The maximum atomic E-state index is 12.0. The summed E-state index contributed by atoms with van der Waals surface area (Å²) < 4.78 is 4.94. The minimum Gasteiger partial charge on any atom is -0.504 e. The summed E-state index contributed by atoms with van der Waals surface area (Å²) >= 11 is 5.72. The molecule has 5 heteroatoms. The van der Waals surface area contributed by atoms with Gasteiger partial charge in [-0.1, -0.05) is 24.3 Å². The molecule has 2 rings (SSSR count). The maximum absolute atomic E-state index is 12.0. The van der Waals surface area contributed by atoms with Gasteiger partial charge in [-0.05, 0) is 29.3 Å². The van der Waals surface area contributed by atoms with Crippen LogP contribution in [0, 0.1) is 0 Å². The van der Waals surface area contributed by atoms with E-state index >= 15 is 0 Å². The second kappa shape index (κ2) is 6.99. The molecule has 0 unspecified atom stereocenters. The third kappa shape index (κ3) is 3.89. The van der Waals surface area contributed by atoms with Crippen molar-refractivity contribution in [3.8, 4) is 11.5 Å². The molecular weight excluding hydrogens is 290 g/mol. The van der Waals surface area contributed by atoms with E-state index < -0.39 is 0 Å². The van der Waals surface area contributed by atoms with Crippen LogP contribution in [-0.4, -0.2) is 18.1 Å². The van der Waals surface area contributed by atoms with Crippen molar-refractivity contribution in [1.82, 2.24) is 5.32 Å². The molecule has 4 nitrogen and oxygen atoms in total. The molecule has 0 aliphatic carbocycles. The Morgan fingerprint density at radius 1 is 1.19 bits per heavy atom. The van der Waals surface area contributed by atoms with Crippen molar-refractivity contribution in [2.75, 3.05) is 7.11 Å². The highest BCUT2D eigenvalue weighted by atomic mass is 35.5. The number of amides is 1. The molecule has 0 aliphatic heterocycles. The fraction of sp³-hybridized carbons (Fsp3) is 0.188. The Labute approximate surface area is 128 Å². The highest BCUT2D eigenvalue weighted by Crippen LogP contribution is 2.26. The molecule has 2 aromatic rings. The molecule has 110 valence electrons. The van der Waals surface area contributed by atoms with E-state index in [1.54, 1.807) is 12.1 Å². The van der Waals surface area contributed by atoms with E-state index in [2.05, 4.69) is 5.32 Å². The number of alkyl halides is 1.